The van der Waals surface area contributed by atoms with Crippen LogP contribution in [0.3, 0.4) is 0 Å². The van der Waals surface area contributed by atoms with Crippen LogP contribution in [0.15, 0.2) is 18.2 Å². The molecular weight excluding hydrogens is 274 g/mol. The average Bonchev–Trinajstić information content (AvgIpc) is 2.76. The first-order valence-electron chi connectivity index (χ1n) is 6.64. The molecule has 5 heteroatoms. The molecule has 0 aliphatic carbocycles. The highest BCUT2D eigenvalue weighted by Crippen LogP contribution is 2.38. The Kier molecular flexibility index (Phi) is 3.63. The van der Waals surface area contributed by atoms with Gasteiger partial charge in [-0.25, -0.2) is 4.98 Å². The number of hydrogen-bond acceptors (Lipinski definition) is 5. The summed E-state index contributed by atoms with van der Waals surface area (Å²) in [7, 11) is 0. The van der Waals surface area contributed by atoms with Gasteiger partial charge in [0.2, 0.25) is 0 Å². The molecular formula is C15H17NO3S. The van der Waals surface area contributed by atoms with Crippen molar-refractivity contribution >= 4 is 11.3 Å². The zero-order valence-electron chi connectivity index (χ0n) is 11.5. The Morgan fingerprint density at radius 2 is 2.10 bits per heavy atom. The third-order valence-corrected chi connectivity index (χ3v) is 4.49. The van der Waals surface area contributed by atoms with Crippen LogP contribution in [-0.2, 0) is 6.42 Å². The first kappa shape index (κ1) is 13.4. The van der Waals surface area contributed by atoms with Crippen molar-refractivity contribution in [1.29, 1.82) is 0 Å². The maximum absolute atomic E-state index is 10.5. The Bertz CT molecular complexity index is 604. The predicted molar refractivity (Wildman–Crippen MR) is 77.7 cm³/mol. The fourth-order valence-corrected chi connectivity index (χ4v) is 3.23. The summed E-state index contributed by atoms with van der Waals surface area (Å²) in [6.07, 6.45) is -0.129. The van der Waals surface area contributed by atoms with Gasteiger partial charge in [-0.15, -0.1) is 11.3 Å². The van der Waals surface area contributed by atoms with Gasteiger partial charge in [0.15, 0.2) is 11.5 Å². The highest BCUT2D eigenvalue weighted by atomic mass is 32.1. The number of nitrogens with zero attached hydrogens (tertiary/aromatic N) is 1. The molecule has 0 spiro atoms. The quantitative estimate of drug-likeness (QED) is 0.945. The molecule has 1 atom stereocenters. The largest absolute Gasteiger partial charge is 0.486 e. The lowest BCUT2D eigenvalue weighted by molar-refractivity contribution is 0.146. The normalized spacial score (nSPS) is 15.2. The monoisotopic (exact) mass is 291 g/mol. The van der Waals surface area contributed by atoms with Gasteiger partial charge in [-0.1, -0.05) is 12.1 Å². The van der Waals surface area contributed by atoms with Gasteiger partial charge in [0.25, 0.3) is 0 Å². The molecule has 106 valence electrons. The number of hydrogen-bond donors (Lipinski definition) is 1. The van der Waals surface area contributed by atoms with E-state index in [0.717, 1.165) is 16.3 Å². The molecule has 4 nitrogen and oxygen atoms in total. The number of aliphatic hydroxyl groups is 1. The van der Waals surface area contributed by atoms with Crippen LogP contribution in [0.2, 0.25) is 0 Å². The Balaban J connectivity index is 1.85. The van der Waals surface area contributed by atoms with Crippen molar-refractivity contribution in [3.05, 3.63) is 39.3 Å². The van der Waals surface area contributed by atoms with Crippen LogP contribution < -0.4 is 9.47 Å². The number of fused-ring (bicyclic) bond motifs is 1. The Labute approximate surface area is 122 Å². The zero-order valence-corrected chi connectivity index (χ0v) is 12.4. The van der Waals surface area contributed by atoms with Gasteiger partial charge in [0.05, 0.1) is 16.8 Å². The highest BCUT2D eigenvalue weighted by Gasteiger charge is 2.21. The number of rotatable bonds is 3. The van der Waals surface area contributed by atoms with Crippen molar-refractivity contribution in [1.82, 2.24) is 4.98 Å². The number of para-hydroxylation sites is 1. The van der Waals surface area contributed by atoms with E-state index in [1.807, 2.05) is 32.0 Å². The first-order chi connectivity index (χ1) is 9.65. The second kappa shape index (κ2) is 5.42. The molecule has 20 heavy (non-hydrogen) atoms. The van der Waals surface area contributed by atoms with Crippen molar-refractivity contribution in [3.8, 4) is 11.5 Å². The smallest absolute Gasteiger partial charge is 0.167 e. The van der Waals surface area contributed by atoms with Crippen molar-refractivity contribution in [2.75, 3.05) is 13.2 Å². The summed E-state index contributed by atoms with van der Waals surface area (Å²) in [5, 5.41) is 11.4. The number of thiazole rings is 1. The molecule has 0 saturated heterocycles. The molecule has 1 N–H and O–H groups in total. The number of benzene rings is 1. The third kappa shape index (κ3) is 2.51. The van der Waals surface area contributed by atoms with E-state index in [4.69, 9.17) is 9.47 Å². The van der Waals surface area contributed by atoms with E-state index in [-0.39, 0.29) is 0 Å². The van der Waals surface area contributed by atoms with Crippen molar-refractivity contribution in [2.24, 2.45) is 0 Å². The molecule has 3 rings (SSSR count). The van der Waals surface area contributed by atoms with Gasteiger partial charge < -0.3 is 14.6 Å². The maximum Gasteiger partial charge on any atom is 0.167 e. The third-order valence-electron chi connectivity index (χ3n) is 3.40. The summed E-state index contributed by atoms with van der Waals surface area (Å²) in [5.41, 5.74) is 1.81. The summed E-state index contributed by atoms with van der Waals surface area (Å²) in [5.74, 6) is 1.37. The number of aromatic nitrogens is 1. The SMILES string of the molecule is Cc1nc(CC(O)c2cccc3c2OCCO3)sc1C. The molecule has 1 aliphatic rings. The summed E-state index contributed by atoms with van der Waals surface area (Å²) >= 11 is 1.63. The molecule has 0 radical (unpaired) electrons. The summed E-state index contributed by atoms with van der Waals surface area (Å²) < 4.78 is 11.2. The molecule has 2 aromatic rings. The van der Waals surface area contributed by atoms with E-state index in [1.54, 1.807) is 11.3 Å². The number of aryl methyl sites for hydroxylation is 2. The molecule has 0 saturated carbocycles. The summed E-state index contributed by atoms with van der Waals surface area (Å²) in [6.45, 7) is 5.11. The second-order valence-electron chi connectivity index (χ2n) is 4.84. The Morgan fingerprint density at radius 1 is 1.30 bits per heavy atom. The first-order valence-corrected chi connectivity index (χ1v) is 7.46. The lowest BCUT2D eigenvalue weighted by Crippen LogP contribution is -2.17. The predicted octanol–water partition coefficient (Wildman–Crippen LogP) is 2.81. The van der Waals surface area contributed by atoms with Crippen LogP contribution >= 0.6 is 11.3 Å². The fraction of sp³-hybridized carbons (Fsp3) is 0.400. The van der Waals surface area contributed by atoms with Crippen LogP contribution in [-0.4, -0.2) is 23.3 Å². The standard InChI is InChI=1S/C15H17NO3S/c1-9-10(2)20-14(16-9)8-12(17)11-4-3-5-13-15(11)19-7-6-18-13/h3-5,12,17H,6-8H2,1-2H3. The minimum absolute atomic E-state index is 0.499. The van der Waals surface area contributed by atoms with Gasteiger partial charge in [-0.05, 0) is 19.9 Å². The number of aliphatic hydroxyl groups excluding tert-OH is 1. The van der Waals surface area contributed by atoms with E-state index in [0.29, 0.717) is 31.1 Å². The van der Waals surface area contributed by atoms with E-state index in [2.05, 4.69) is 4.98 Å². The Morgan fingerprint density at radius 3 is 2.85 bits per heavy atom. The summed E-state index contributed by atoms with van der Waals surface area (Å²) in [4.78, 5) is 5.67. The van der Waals surface area contributed by atoms with Crippen molar-refractivity contribution in [3.63, 3.8) is 0 Å². The lowest BCUT2D eigenvalue weighted by atomic mass is 10.0. The van der Waals surface area contributed by atoms with Gasteiger partial charge in [0, 0.05) is 16.9 Å². The van der Waals surface area contributed by atoms with E-state index in [9.17, 15) is 5.11 Å². The highest BCUT2D eigenvalue weighted by molar-refractivity contribution is 7.11. The molecule has 2 heterocycles. The topological polar surface area (TPSA) is 51.6 Å². The van der Waals surface area contributed by atoms with Crippen LogP contribution in [0.25, 0.3) is 0 Å². The van der Waals surface area contributed by atoms with Crippen molar-refractivity contribution < 1.29 is 14.6 Å². The molecule has 0 amide bonds. The zero-order chi connectivity index (χ0) is 14.1. The fourth-order valence-electron chi connectivity index (χ4n) is 2.26. The molecule has 1 aliphatic heterocycles. The minimum Gasteiger partial charge on any atom is -0.486 e. The van der Waals surface area contributed by atoms with Gasteiger partial charge in [-0.3, -0.25) is 0 Å². The molecule has 1 aromatic heterocycles. The molecule has 0 bridgehead atoms. The van der Waals surface area contributed by atoms with E-state index >= 15 is 0 Å². The lowest BCUT2D eigenvalue weighted by Gasteiger charge is -2.22. The van der Waals surface area contributed by atoms with Crippen LogP contribution in [0, 0.1) is 13.8 Å². The van der Waals surface area contributed by atoms with E-state index in [1.165, 1.54) is 4.88 Å². The van der Waals surface area contributed by atoms with Crippen LogP contribution in [0.4, 0.5) is 0 Å². The van der Waals surface area contributed by atoms with Gasteiger partial charge in [-0.2, -0.15) is 0 Å². The average molecular weight is 291 g/mol. The second-order valence-corrected chi connectivity index (χ2v) is 6.13. The van der Waals surface area contributed by atoms with E-state index < -0.39 is 6.10 Å². The summed E-state index contributed by atoms with van der Waals surface area (Å²) in [6, 6.07) is 5.62. The molecule has 1 unspecified atom stereocenters. The van der Waals surface area contributed by atoms with Crippen LogP contribution in [0.1, 0.15) is 27.2 Å². The minimum atomic E-state index is -0.628. The van der Waals surface area contributed by atoms with Crippen LogP contribution in [0.5, 0.6) is 11.5 Å². The van der Waals surface area contributed by atoms with Gasteiger partial charge in [0.1, 0.15) is 13.2 Å². The van der Waals surface area contributed by atoms with Gasteiger partial charge >= 0.3 is 0 Å². The van der Waals surface area contributed by atoms with Crippen molar-refractivity contribution in [2.45, 2.75) is 26.4 Å². The maximum atomic E-state index is 10.5. The number of ether oxygens (including phenoxy) is 2. The Hall–Kier alpha value is -1.59. The molecule has 1 aromatic carbocycles. The molecule has 0 fully saturated rings.